The Balaban J connectivity index is 2.25. The maximum atomic E-state index is 12.0. The van der Waals surface area contributed by atoms with E-state index in [0.717, 1.165) is 11.1 Å². The summed E-state index contributed by atoms with van der Waals surface area (Å²) < 4.78 is 10.8. The van der Waals surface area contributed by atoms with Crippen molar-refractivity contribution in [3.8, 4) is 5.75 Å². The van der Waals surface area contributed by atoms with E-state index in [1.165, 1.54) is 0 Å². The van der Waals surface area contributed by atoms with Crippen LogP contribution in [-0.2, 0) is 19.7 Å². The summed E-state index contributed by atoms with van der Waals surface area (Å²) in [5, 5.41) is 7.83. The SMILES string of the molecule is Cc1ccc(OCC(=O)NCCCNC(=O)CNC(=O)OC(C)(C)C)c(C(C)(C)C)c1. The number of carbonyl (C=O) groups excluding carboxylic acids is 3. The van der Waals surface area contributed by atoms with E-state index in [-0.39, 0.29) is 30.4 Å². The molecule has 0 aliphatic carbocycles. The lowest BCUT2D eigenvalue weighted by Crippen LogP contribution is -2.40. The number of alkyl carbamates (subject to hydrolysis) is 1. The third-order valence-electron chi connectivity index (χ3n) is 4.09. The van der Waals surface area contributed by atoms with Gasteiger partial charge < -0.3 is 25.4 Å². The van der Waals surface area contributed by atoms with Crippen molar-refractivity contribution in [3.05, 3.63) is 29.3 Å². The molecule has 31 heavy (non-hydrogen) atoms. The third kappa shape index (κ3) is 11.3. The summed E-state index contributed by atoms with van der Waals surface area (Å²) in [6.07, 6.45) is -0.0834. The van der Waals surface area contributed by atoms with Gasteiger partial charge in [0.25, 0.3) is 5.91 Å². The summed E-state index contributed by atoms with van der Waals surface area (Å²) in [6.45, 7) is 14.1. The largest absolute Gasteiger partial charge is 0.483 e. The molecule has 0 unspecified atom stereocenters. The quantitative estimate of drug-likeness (QED) is 0.517. The van der Waals surface area contributed by atoms with Gasteiger partial charge >= 0.3 is 6.09 Å². The highest BCUT2D eigenvalue weighted by atomic mass is 16.6. The minimum Gasteiger partial charge on any atom is -0.483 e. The first kappa shape index (κ1) is 26.3. The molecule has 1 aromatic rings. The molecule has 0 aliphatic heterocycles. The number of hydrogen-bond acceptors (Lipinski definition) is 5. The second-order valence-corrected chi connectivity index (χ2v) is 9.45. The van der Waals surface area contributed by atoms with Crippen LogP contribution < -0.4 is 20.7 Å². The smallest absolute Gasteiger partial charge is 0.408 e. The standard InChI is InChI=1S/C23H37N3O5/c1-16-9-10-18(17(13-16)22(2,3)4)30-15-20(28)25-12-8-11-24-19(27)14-26-21(29)31-23(5,6)7/h9-10,13H,8,11-12,14-15H2,1-7H3,(H,24,27)(H,25,28)(H,26,29). The molecule has 0 saturated heterocycles. The zero-order valence-electron chi connectivity index (χ0n) is 19.8. The summed E-state index contributed by atoms with van der Waals surface area (Å²) in [5.74, 6) is 0.158. The first-order valence-corrected chi connectivity index (χ1v) is 10.5. The van der Waals surface area contributed by atoms with Crippen molar-refractivity contribution in [1.29, 1.82) is 0 Å². The van der Waals surface area contributed by atoms with Crippen LogP contribution in [0.25, 0.3) is 0 Å². The molecule has 3 amide bonds. The summed E-state index contributed by atoms with van der Waals surface area (Å²) >= 11 is 0. The maximum Gasteiger partial charge on any atom is 0.408 e. The molecule has 1 aromatic carbocycles. The molecule has 0 aliphatic rings. The average Bonchev–Trinajstić information content (AvgIpc) is 2.63. The number of rotatable bonds is 9. The molecule has 174 valence electrons. The zero-order valence-corrected chi connectivity index (χ0v) is 19.8. The predicted molar refractivity (Wildman–Crippen MR) is 120 cm³/mol. The van der Waals surface area contributed by atoms with Gasteiger partial charge in [-0.25, -0.2) is 4.79 Å². The molecular formula is C23H37N3O5. The van der Waals surface area contributed by atoms with E-state index in [2.05, 4.69) is 42.8 Å². The van der Waals surface area contributed by atoms with Gasteiger partial charge in [-0.05, 0) is 51.2 Å². The average molecular weight is 436 g/mol. The lowest BCUT2D eigenvalue weighted by atomic mass is 9.85. The van der Waals surface area contributed by atoms with Crippen molar-refractivity contribution in [2.45, 2.75) is 65.9 Å². The van der Waals surface area contributed by atoms with Gasteiger partial charge in [-0.15, -0.1) is 0 Å². The van der Waals surface area contributed by atoms with Crippen molar-refractivity contribution in [3.63, 3.8) is 0 Å². The molecule has 3 N–H and O–H groups in total. The lowest BCUT2D eigenvalue weighted by Gasteiger charge is -2.23. The van der Waals surface area contributed by atoms with Gasteiger partial charge in [0.2, 0.25) is 5.91 Å². The molecule has 0 bridgehead atoms. The van der Waals surface area contributed by atoms with Gasteiger partial charge in [0, 0.05) is 13.1 Å². The van der Waals surface area contributed by atoms with Crippen molar-refractivity contribution >= 4 is 17.9 Å². The minimum atomic E-state index is -0.641. The number of aryl methyl sites for hydroxylation is 1. The number of carbonyl (C=O) groups is 3. The highest BCUT2D eigenvalue weighted by molar-refractivity contribution is 5.82. The Morgan fingerprint density at radius 1 is 0.903 bits per heavy atom. The second-order valence-electron chi connectivity index (χ2n) is 9.45. The molecular weight excluding hydrogens is 398 g/mol. The molecule has 0 spiro atoms. The predicted octanol–water partition coefficient (Wildman–Crippen LogP) is 2.82. The Morgan fingerprint density at radius 3 is 2.10 bits per heavy atom. The van der Waals surface area contributed by atoms with E-state index < -0.39 is 11.7 Å². The fourth-order valence-electron chi connectivity index (χ4n) is 2.62. The van der Waals surface area contributed by atoms with Crippen LogP contribution >= 0.6 is 0 Å². The fourth-order valence-corrected chi connectivity index (χ4v) is 2.62. The monoisotopic (exact) mass is 435 g/mol. The van der Waals surface area contributed by atoms with Crippen molar-refractivity contribution < 1.29 is 23.9 Å². The van der Waals surface area contributed by atoms with Crippen LogP contribution in [0.1, 0.15) is 59.1 Å². The molecule has 0 radical (unpaired) electrons. The zero-order chi connectivity index (χ0) is 23.7. The second kappa shape index (κ2) is 11.6. The van der Waals surface area contributed by atoms with Crippen LogP contribution in [0.2, 0.25) is 0 Å². The van der Waals surface area contributed by atoms with Crippen LogP contribution in [0.5, 0.6) is 5.75 Å². The van der Waals surface area contributed by atoms with Gasteiger partial charge in [0.05, 0.1) is 6.54 Å². The van der Waals surface area contributed by atoms with Crippen LogP contribution in [0.3, 0.4) is 0 Å². The van der Waals surface area contributed by atoms with Gasteiger partial charge in [-0.2, -0.15) is 0 Å². The Hall–Kier alpha value is -2.77. The van der Waals surface area contributed by atoms with Crippen molar-refractivity contribution in [2.24, 2.45) is 0 Å². The molecule has 0 heterocycles. The first-order chi connectivity index (χ1) is 14.3. The third-order valence-corrected chi connectivity index (χ3v) is 4.09. The van der Waals surface area contributed by atoms with Crippen LogP contribution in [-0.4, -0.2) is 49.7 Å². The topological polar surface area (TPSA) is 106 Å². The van der Waals surface area contributed by atoms with E-state index in [4.69, 9.17) is 9.47 Å². The molecule has 8 nitrogen and oxygen atoms in total. The molecule has 0 aromatic heterocycles. The minimum absolute atomic E-state index is 0.0711. The molecule has 1 rings (SSSR count). The van der Waals surface area contributed by atoms with Gasteiger partial charge in [-0.3, -0.25) is 9.59 Å². The van der Waals surface area contributed by atoms with Crippen LogP contribution in [0.4, 0.5) is 4.79 Å². The van der Waals surface area contributed by atoms with Crippen molar-refractivity contribution in [1.82, 2.24) is 16.0 Å². The van der Waals surface area contributed by atoms with Gasteiger partial charge in [0.1, 0.15) is 11.4 Å². The van der Waals surface area contributed by atoms with Crippen LogP contribution in [0.15, 0.2) is 18.2 Å². The van der Waals surface area contributed by atoms with Gasteiger partial charge in [0.15, 0.2) is 6.61 Å². The molecule has 0 atom stereocenters. The van der Waals surface area contributed by atoms with E-state index in [1.807, 2.05) is 19.1 Å². The Kier molecular flexibility index (Phi) is 9.81. The van der Waals surface area contributed by atoms with E-state index >= 15 is 0 Å². The number of hydrogen-bond donors (Lipinski definition) is 3. The molecule has 8 heteroatoms. The van der Waals surface area contributed by atoms with Crippen molar-refractivity contribution in [2.75, 3.05) is 26.2 Å². The number of ether oxygens (including phenoxy) is 2. The Morgan fingerprint density at radius 2 is 1.52 bits per heavy atom. The first-order valence-electron chi connectivity index (χ1n) is 10.5. The van der Waals surface area contributed by atoms with Gasteiger partial charge in [-0.1, -0.05) is 38.5 Å². The summed E-state index contributed by atoms with van der Waals surface area (Å²) in [7, 11) is 0. The van der Waals surface area contributed by atoms with E-state index in [1.54, 1.807) is 20.8 Å². The highest BCUT2D eigenvalue weighted by Gasteiger charge is 2.20. The van der Waals surface area contributed by atoms with E-state index in [9.17, 15) is 14.4 Å². The lowest BCUT2D eigenvalue weighted by molar-refractivity contribution is -0.123. The number of amides is 3. The fraction of sp³-hybridized carbons (Fsp3) is 0.609. The number of nitrogens with one attached hydrogen (secondary N) is 3. The highest BCUT2D eigenvalue weighted by Crippen LogP contribution is 2.32. The maximum absolute atomic E-state index is 12.0. The van der Waals surface area contributed by atoms with Crippen LogP contribution in [0, 0.1) is 6.92 Å². The summed E-state index contributed by atoms with van der Waals surface area (Å²) in [5.41, 5.74) is 1.50. The van der Waals surface area contributed by atoms with E-state index in [0.29, 0.717) is 25.3 Å². The number of benzene rings is 1. The summed E-state index contributed by atoms with van der Waals surface area (Å²) in [4.78, 5) is 35.3. The molecule has 0 fully saturated rings. The Labute approximate surface area is 185 Å². The molecule has 0 saturated carbocycles. The normalized spacial score (nSPS) is 11.5. The summed E-state index contributed by atoms with van der Waals surface area (Å²) in [6, 6.07) is 5.93. The Bertz CT molecular complexity index is 763.